The summed E-state index contributed by atoms with van der Waals surface area (Å²) in [4.78, 5) is 35.1. The summed E-state index contributed by atoms with van der Waals surface area (Å²) in [7, 11) is 0. The first-order valence-electron chi connectivity index (χ1n) is 8.59. The first-order chi connectivity index (χ1) is 12.1. The van der Waals surface area contributed by atoms with Gasteiger partial charge in [-0.25, -0.2) is 4.98 Å². The topological polar surface area (TPSA) is 74.7 Å². The molecule has 1 aliphatic heterocycles. The van der Waals surface area contributed by atoms with Crippen molar-refractivity contribution < 1.29 is 9.59 Å². The summed E-state index contributed by atoms with van der Waals surface area (Å²) < 4.78 is 0. The Morgan fingerprint density at radius 3 is 2.88 bits per heavy atom. The van der Waals surface area contributed by atoms with Crippen molar-refractivity contribution in [2.75, 3.05) is 11.4 Å². The number of amides is 2. The van der Waals surface area contributed by atoms with E-state index in [4.69, 9.17) is 0 Å². The zero-order chi connectivity index (χ0) is 17.8. The molecule has 1 saturated heterocycles. The van der Waals surface area contributed by atoms with E-state index < -0.39 is 0 Å². The number of hydrogen-bond acceptors (Lipinski definition) is 6. The van der Waals surface area contributed by atoms with E-state index in [0.717, 1.165) is 12.8 Å². The Morgan fingerprint density at radius 1 is 1.44 bits per heavy atom. The van der Waals surface area contributed by atoms with Gasteiger partial charge in [-0.05, 0) is 37.6 Å². The number of hydrogen-bond donors (Lipinski definition) is 1. The number of rotatable bonds is 4. The van der Waals surface area contributed by atoms with Crippen LogP contribution in [0.1, 0.15) is 51.6 Å². The Balaban J connectivity index is 1.71. The third kappa shape index (κ3) is 4.49. The molecule has 2 heterocycles. The van der Waals surface area contributed by atoms with E-state index in [0.29, 0.717) is 33.5 Å². The van der Waals surface area contributed by atoms with Crippen molar-refractivity contribution in [3.05, 3.63) is 16.0 Å². The maximum atomic E-state index is 12.2. The molecule has 1 saturated carbocycles. The zero-order valence-corrected chi connectivity index (χ0v) is 16.1. The van der Waals surface area contributed by atoms with Crippen LogP contribution in [-0.2, 0) is 9.59 Å². The highest BCUT2D eigenvalue weighted by Gasteiger charge is 2.25. The molecule has 134 valence electrons. The molecule has 0 aromatic carbocycles. The summed E-state index contributed by atoms with van der Waals surface area (Å²) in [5, 5.41) is 6.05. The van der Waals surface area contributed by atoms with E-state index in [-0.39, 0.29) is 11.8 Å². The molecule has 1 aromatic rings. The van der Waals surface area contributed by atoms with Crippen LogP contribution in [0.5, 0.6) is 0 Å². The fraction of sp³-hybridized carbons (Fsp3) is 0.529. The van der Waals surface area contributed by atoms with E-state index in [1.165, 1.54) is 49.3 Å². The second-order valence-corrected chi connectivity index (χ2v) is 7.98. The van der Waals surface area contributed by atoms with Gasteiger partial charge in [-0.3, -0.25) is 19.5 Å². The molecule has 1 aliphatic carbocycles. The predicted molar refractivity (Wildman–Crippen MR) is 104 cm³/mol. The molecule has 0 unspecified atom stereocenters. The van der Waals surface area contributed by atoms with Crippen molar-refractivity contribution in [1.82, 2.24) is 10.3 Å². The lowest BCUT2D eigenvalue weighted by Crippen LogP contribution is -2.27. The molecule has 1 N–H and O–H groups in total. The van der Waals surface area contributed by atoms with Gasteiger partial charge in [0.1, 0.15) is 0 Å². The van der Waals surface area contributed by atoms with Crippen LogP contribution in [0.2, 0.25) is 0 Å². The first-order valence-corrected chi connectivity index (χ1v) is 10.3. The number of anilines is 1. The summed E-state index contributed by atoms with van der Waals surface area (Å²) in [6.45, 7) is 4.01. The molecule has 3 rings (SSSR count). The Hall–Kier alpha value is -1.67. The SMILES string of the molecule is CCN(C(C)=O)c1nc(/C=C2\SC(=NC3CCCCC3)NC2=O)cs1. The summed E-state index contributed by atoms with van der Waals surface area (Å²) in [5.41, 5.74) is 0.691. The fourth-order valence-electron chi connectivity index (χ4n) is 2.96. The van der Waals surface area contributed by atoms with Crippen LogP contribution in [-0.4, -0.2) is 34.6 Å². The first kappa shape index (κ1) is 18.1. The van der Waals surface area contributed by atoms with Crippen LogP contribution in [0.25, 0.3) is 6.08 Å². The molecule has 2 fully saturated rings. The summed E-state index contributed by atoms with van der Waals surface area (Å²) in [6.07, 6.45) is 7.69. The molecular weight excluding hydrogens is 356 g/mol. The van der Waals surface area contributed by atoms with Gasteiger partial charge in [-0.2, -0.15) is 0 Å². The van der Waals surface area contributed by atoms with Crippen LogP contribution in [0.15, 0.2) is 15.3 Å². The number of carbonyl (C=O) groups excluding carboxylic acids is 2. The van der Waals surface area contributed by atoms with Gasteiger partial charge in [0, 0.05) is 18.8 Å². The maximum absolute atomic E-state index is 12.2. The second kappa shape index (κ2) is 8.14. The van der Waals surface area contributed by atoms with E-state index in [1.807, 2.05) is 12.3 Å². The van der Waals surface area contributed by atoms with Crippen LogP contribution in [0, 0.1) is 0 Å². The molecule has 0 bridgehead atoms. The fourth-order valence-corrected chi connectivity index (χ4v) is 4.72. The number of aromatic nitrogens is 1. The minimum absolute atomic E-state index is 0.0362. The normalized spacial score (nSPS) is 21.8. The third-order valence-corrected chi connectivity index (χ3v) is 6.05. The zero-order valence-electron chi connectivity index (χ0n) is 14.4. The highest BCUT2D eigenvalue weighted by Crippen LogP contribution is 2.30. The Bertz CT molecular complexity index is 720. The van der Waals surface area contributed by atoms with E-state index in [9.17, 15) is 9.59 Å². The standard InChI is InChI=1S/C17H22N4O2S2/c1-3-21(11(2)22)17-19-13(10-24-17)9-14-15(23)20-16(25-14)18-12-7-5-4-6-8-12/h9-10,12H,3-8H2,1-2H3,(H,18,20,23)/b14-9-. The molecule has 1 aromatic heterocycles. The van der Waals surface area contributed by atoms with Crippen molar-refractivity contribution in [1.29, 1.82) is 0 Å². The second-order valence-electron chi connectivity index (χ2n) is 6.11. The van der Waals surface area contributed by atoms with Crippen molar-refractivity contribution in [2.24, 2.45) is 4.99 Å². The summed E-state index contributed by atoms with van der Waals surface area (Å²) in [5.74, 6) is -0.168. The van der Waals surface area contributed by atoms with Gasteiger partial charge >= 0.3 is 0 Å². The minimum Gasteiger partial charge on any atom is -0.301 e. The summed E-state index contributed by atoms with van der Waals surface area (Å²) in [6, 6.07) is 0.329. The lowest BCUT2D eigenvalue weighted by molar-refractivity contribution is -0.116. The van der Waals surface area contributed by atoms with Gasteiger partial charge in [0.05, 0.1) is 16.6 Å². The van der Waals surface area contributed by atoms with Crippen molar-refractivity contribution >= 4 is 51.3 Å². The van der Waals surface area contributed by atoms with Gasteiger partial charge in [0.2, 0.25) is 5.91 Å². The van der Waals surface area contributed by atoms with Gasteiger partial charge in [-0.1, -0.05) is 19.3 Å². The quantitative estimate of drug-likeness (QED) is 0.815. The average molecular weight is 379 g/mol. The van der Waals surface area contributed by atoms with Crippen LogP contribution in [0.3, 0.4) is 0 Å². The number of carbonyl (C=O) groups is 2. The molecule has 25 heavy (non-hydrogen) atoms. The molecular formula is C17H22N4O2S2. The van der Waals surface area contributed by atoms with Gasteiger partial charge < -0.3 is 5.32 Å². The van der Waals surface area contributed by atoms with Crippen LogP contribution < -0.4 is 10.2 Å². The van der Waals surface area contributed by atoms with Crippen LogP contribution in [0.4, 0.5) is 5.13 Å². The number of nitrogens with one attached hydrogen (secondary N) is 1. The molecule has 6 nitrogen and oxygen atoms in total. The maximum Gasteiger partial charge on any atom is 0.264 e. The molecule has 0 radical (unpaired) electrons. The minimum atomic E-state index is -0.131. The smallest absolute Gasteiger partial charge is 0.264 e. The van der Waals surface area contributed by atoms with Crippen molar-refractivity contribution in [3.63, 3.8) is 0 Å². The molecule has 0 atom stereocenters. The Labute approximate surface area is 155 Å². The van der Waals surface area contributed by atoms with E-state index in [1.54, 1.807) is 11.0 Å². The Kier molecular flexibility index (Phi) is 5.90. The summed E-state index contributed by atoms with van der Waals surface area (Å²) >= 11 is 2.77. The number of aliphatic imine (C=N–C) groups is 1. The van der Waals surface area contributed by atoms with E-state index in [2.05, 4.69) is 15.3 Å². The molecule has 0 spiro atoms. The molecule has 2 amide bonds. The number of thiazole rings is 1. The van der Waals surface area contributed by atoms with Gasteiger partial charge in [0.15, 0.2) is 10.3 Å². The molecule has 8 heteroatoms. The van der Waals surface area contributed by atoms with Crippen LogP contribution >= 0.6 is 23.1 Å². The van der Waals surface area contributed by atoms with Crippen molar-refractivity contribution in [2.45, 2.75) is 52.0 Å². The number of thioether (sulfide) groups is 1. The Morgan fingerprint density at radius 2 is 2.20 bits per heavy atom. The lowest BCUT2D eigenvalue weighted by Gasteiger charge is -2.17. The molecule has 2 aliphatic rings. The third-order valence-electron chi connectivity index (χ3n) is 4.24. The van der Waals surface area contributed by atoms with Crippen molar-refractivity contribution in [3.8, 4) is 0 Å². The predicted octanol–water partition coefficient (Wildman–Crippen LogP) is 3.41. The highest BCUT2D eigenvalue weighted by molar-refractivity contribution is 8.18. The van der Waals surface area contributed by atoms with E-state index >= 15 is 0 Å². The monoisotopic (exact) mass is 378 g/mol. The highest BCUT2D eigenvalue weighted by atomic mass is 32.2. The number of nitrogens with zero attached hydrogens (tertiary/aromatic N) is 3. The van der Waals surface area contributed by atoms with Gasteiger partial charge in [0.25, 0.3) is 5.91 Å². The largest absolute Gasteiger partial charge is 0.301 e. The van der Waals surface area contributed by atoms with Gasteiger partial charge in [-0.15, -0.1) is 11.3 Å². The number of amidine groups is 1. The average Bonchev–Trinajstić information content (AvgIpc) is 3.16. The lowest BCUT2D eigenvalue weighted by atomic mass is 9.96.